The number of nitrogens with zero attached hydrogens (tertiary/aromatic N) is 5. The Morgan fingerprint density at radius 1 is 1.25 bits per heavy atom. The second-order valence-corrected chi connectivity index (χ2v) is 10.2. The lowest BCUT2D eigenvalue weighted by atomic mass is 9.76. The van der Waals surface area contributed by atoms with Gasteiger partial charge in [0.05, 0.1) is 23.5 Å². The largest absolute Gasteiger partial charge is 0.324 e. The Morgan fingerprint density at radius 3 is 2.56 bits per heavy atom. The van der Waals surface area contributed by atoms with Crippen LogP contribution in [0.5, 0.6) is 0 Å². The first-order valence-electron chi connectivity index (χ1n) is 12.0. The molecule has 188 valence electrons. The zero-order valence-corrected chi connectivity index (χ0v) is 20.6. The lowest BCUT2D eigenvalue weighted by molar-refractivity contribution is -0.120. The monoisotopic (exact) mass is 493 g/mol. The number of hydrogen-bond donors (Lipinski definition) is 2. The third kappa shape index (κ3) is 4.57. The van der Waals surface area contributed by atoms with Gasteiger partial charge in [-0.05, 0) is 68.9 Å². The average molecular weight is 494 g/mol. The van der Waals surface area contributed by atoms with Crippen molar-refractivity contribution in [3.63, 3.8) is 0 Å². The summed E-state index contributed by atoms with van der Waals surface area (Å²) in [6, 6.07) is 1.25. The molecule has 0 bridgehead atoms. The number of hydrogen-bond acceptors (Lipinski definition) is 7. The van der Waals surface area contributed by atoms with Gasteiger partial charge in [-0.2, -0.15) is 5.10 Å². The molecule has 36 heavy (non-hydrogen) atoms. The standard InChI is InChI=1S/C25H28FN7O3/c1-12-19(13(2)31-30-12)22-18(26)9-16(10-27-22)29-23(34)17(20(15-5-6-15)25(4)7-8-25)11-28-24(35)21-14(3)32-36-33-21/h9-11,15,17,20H,5-8H2,1-4H3,(H,29,34)(H,30,31). The number of carbonyl (C=O) groups excluding carboxylic acids is 2. The van der Waals surface area contributed by atoms with E-state index in [1.54, 1.807) is 20.8 Å². The number of pyridine rings is 1. The van der Waals surface area contributed by atoms with Gasteiger partial charge in [0.1, 0.15) is 11.4 Å². The second kappa shape index (κ2) is 9.03. The molecule has 2 saturated carbocycles. The van der Waals surface area contributed by atoms with Crippen molar-refractivity contribution in [1.82, 2.24) is 25.5 Å². The molecule has 3 heterocycles. The summed E-state index contributed by atoms with van der Waals surface area (Å²) in [5.41, 5.74) is 2.69. The van der Waals surface area contributed by atoms with E-state index in [-0.39, 0.29) is 34.3 Å². The summed E-state index contributed by atoms with van der Waals surface area (Å²) in [4.78, 5) is 34.4. The normalized spacial score (nSPS) is 18.2. The van der Waals surface area contributed by atoms with Gasteiger partial charge in [-0.3, -0.25) is 19.7 Å². The van der Waals surface area contributed by atoms with Crippen LogP contribution in [0.4, 0.5) is 10.1 Å². The zero-order valence-electron chi connectivity index (χ0n) is 20.6. The van der Waals surface area contributed by atoms with E-state index in [9.17, 15) is 9.59 Å². The first-order valence-corrected chi connectivity index (χ1v) is 12.0. The third-order valence-corrected chi connectivity index (χ3v) is 7.34. The van der Waals surface area contributed by atoms with E-state index >= 15 is 4.39 Å². The van der Waals surface area contributed by atoms with Crippen LogP contribution < -0.4 is 5.32 Å². The molecular weight excluding hydrogens is 465 g/mol. The summed E-state index contributed by atoms with van der Waals surface area (Å²) >= 11 is 0. The molecule has 0 spiro atoms. The molecule has 2 fully saturated rings. The molecule has 0 radical (unpaired) electrons. The van der Waals surface area contributed by atoms with Crippen molar-refractivity contribution >= 4 is 23.7 Å². The Hall–Kier alpha value is -3.76. The highest BCUT2D eigenvalue weighted by atomic mass is 19.1. The van der Waals surface area contributed by atoms with Crippen LogP contribution in [0.25, 0.3) is 11.3 Å². The highest BCUT2D eigenvalue weighted by Crippen LogP contribution is 2.61. The van der Waals surface area contributed by atoms with Crippen LogP contribution in [-0.4, -0.2) is 43.5 Å². The van der Waals surface area contributed by atoms with E-state index in [1.165, 1.54) is 18.5 Å². The Morgan fingerprint density at radius 2 is 2.00 bits per heavy atom. The van der Waals surface area contributed by atoms with Gasteiger partial charge in [0.15, 0.2) is 11.5 Å². The highest BCUT2D eigenvalue weighted by molar-refractivity contribution is 6.06. The minimum atomic E-state index is -0.671. The van der Waals surface area contributed by atoms with Crippen molar-refractivity contribution in [2.75, 3.05) is 5.32 Å². The molecule has 3 aromatic rings. The molecule has 2 aliphatic rings. The maximum atomic E-state index is 15.0. The Labute approximate surface area is 207 Å². The number of anilines is 1. The number of rotatable bonds is 8. The summed E-state index contributed by atoms with van der Waals surface area (Å²) in [7, 11) is 0. The lowest BCUT2D eigenvalue weighted by Crippen LogP contribution is -2.36. The molecule has 3 aromatic heterocycles. The molecule has 2 unspecified atom stereocenters. The topological polar surface area (TPSA) is 139 Å². The van der Waals surface area contributed by atoms with Gasteiger partial charge in [-0.25, -0.2) is 14.0 Å². The van der Waals surface area contributed by atoms with Crippen LogP contribution in [0.15, 0.2) is 21.9 Å². The van der Waals surface area contributed by atoms with Gasteiger partial charge < -0.3 is 5.32 Å². The Bertz CT molecular complexity index is 1330. The van der Waals surface area contributed by atoms with Crippen LogP contribution in [0.1, 0.15) is 60.2 Å². The smallest absolute Gasteiger partial charge is 0.300 e. The van der Waals surface area contributed by atoms with E-state index in [2.05, 4.69) is 47.4 Å². The summed E-state index contributed by atoms with van der Waals surface area (Å²) in [6.07, 6.45) is 6.94. The molecule has 2 N–H and O–H groups in total. The van der Waals surface area contributed by atoms with Crippen LogP contribution in [0, 0.1) is 49.8 Å². The molecule has 0 aromatic carbocycles. The molecule has 0 saturated heterocycles. The quantitative estimate of drug-likeness (QED) is 0.448. The van der Waals surface area contributed by atoms with Crippen LogP contribution in [0.3, 0.4) is 0 Å². The van der Waals surface area contributed by atoms with Crippen molar-refractivity contribution in [3.8, 4) is 11.3 Å². The van der Waals surface area contributed by atoms with E-state index in [1.807, 2.05) is 0 Å². The Kier molecular flexibility index (Phi) is 6.01. The molecule has 10 nitrogen and oxygen atoms in total. The SMILES string of the molecule is Cc1nonc1C(=O)N=CC(C(=O)Nc1cnc(-c2c(C)n[nH]c2C)c(F)c1)C(C1CC1)C1(C)CC1. The molecular formula is C25H28FN7O3. The summed E-state index contributed by atoms with van der Waals surface area (Å²) in [6.45, 7) is 7.33. The van der Waals surface area contributed by atoms with Crippen molar-refractivity contribution < 1.29 is 18.6 Å². The van der Waals surface area contributed by atoms with E-state index < -0.39 is 17.6 Å². The summed E-state index contributed by atoms with van der Waals surface area (Å²) in [5.74, 6) is -1.80. The minimum Gasteiger partial charge on any atom is -0.324 e. The fourth-order valence-electron chi connectivity index (χ4n) is 5.06. The third-order valence-electron chi connectivity index (χ3n) is 7.34. The van der Waals surface area contributed by atoms with E-state index in [0.717, 1.165) is 25.7 Å². The molecule has 2 amide bonds. The number of aryl methyl sites for hydroxylation is 3. The van der Waals surface area contributed by atoms with Gasteiger partial charge in [0, 0.05) is 23.5 Å². The molecule has 11 heteroatoms. The first-order chi connectivity index (χ1) is 17.2. The molecule has 2 atom stereocenters. The lowest BCUT2D eigenvalue weighted by Gasteiger charge is -2.29. The minimum absolute atomic E-state index is 0.00724. The number of halogens is 1. The van der Waals surface area contributed by atoms with Gasteiger partial charge in [-0.15, -0.1) is 0 Å². The number of aromatic amines is 1. The highest BCUT2D eigenvalue weighted by Gasteiger charge is 2.55. The number of aliphatic imine (C=N–C) groups is 1. The van der Waals surface area contributed by atoms with Crippen LogP contribution in [0.2, 0.25) is 0 Å². The van der Waals surface area contributed by atoms with Gasteiger partial charge in [0.2, 0.25) is 5.91 Å². The fraction of sp³-hybridized carbons (Fsp3) is 0.480. The van der Waals surface area contributed by atoms with Crippen LogP contribution in [-0.2, 0) is 4.79 Å². The predicted molar refractivity (Wildman–Crippen MR) is 129 cm³/mol. The van der Waals surface area contributed by atoms with Crippen LogP contribution >= 0.6 is 0 Å². The van der Waals surface area contributed by atoms with Crippen molar-refractivity contribution in [3.05, 3.63) is 40.9 Å². The number of nitrogens with one attached hydrogen (secondary N) is 2. The number of amides is 2. The number of aromatic nitrogens is 5. The maximum absolute atomic E-state index is 15.0. The van der Waals surface area contributed by atoms with Crippen molar-refractivity contribution in [2.24, 2.45) is 28.2 Å². The fourth-order valence-corrected chi connectivity index (χ4v) is 5.06. The maximum Gasteiger partial charge on any atom is 0.300 e. The van der Waals surface area contributed by atoms with Crippen molar-refractivity contribution in [1.29, 1.82) is 0 Å². The number of carbonyl (C=O) groups is 2. The van der Waals surface area contributed by atoms with Crippen molar-refractivity contribution in [2.45, 2.75) is 53.4 Å². The summed E-state index contributed by atoms with van der Waals surface area (Å²) in [5, 5.41) is 16.9. The Balaban J connectivity index is 1.41. The van der Waals surface area contributed by atoms with Gasteiger partial charge >= 0.3 is 5.91 Å². The first kappa shape index (κ1) is 24.0. The zero-order chi connectivity index (χ0) is 25.6. The number of H-pyrrole nitrogens is 1. The summed E-state index contributed by atoms with van der Waals surface area (Å²) < 4.78 is 19.6. The predicted octanol–water partition coefficient (Wildman–Crippen LogP) is 4.21. The average Bonchev–Trinajstić information content (AvgIpc) is 3.74. The molecule has 0 aliphatic heterocycles. The molecule has 5 rings (SSSR count). The van der Waals surface area contributed by atoms with E-state index in [4.69, 9.17) is 0 Å². The van der Waals surface area contributed by atoms with Gasteiger partial charge in [-0.1, -0.05) is 12.1 Å². The van der Waals surface area contributed by atoms with Gasteiger partial charge in [0.25, 0.3) is 0 Å². The molecule has 2 aliphatic carbocycles. The van der Waals surface area contributed by atoms with E-state index in [0.29, 0.717) is 28.6 Å². The second-order valence-electron chi connectivity index (χ2n) is 10.2.